The summed E-state index contributed by atoms with van der Waals surface area (Å²) < 4.78 is 0. The number of hydrazine groups is 1. The maximum Gasteiger partial charge on any atom is 0.313 e. The summed E-state index contributed by atoms with van der Waals surface area (Å²) in [7, 11) is 0. The van der Waals surface area contributed by atoms with Gasteiger partial charge in [0, 0.05) is 28.8 Å². The Balaban J connectivity index is 1.68. The number of pyridine rings is 1. The number of nitrogens with two attached hydrogens (primary N) is 1. The zero-order chi connectivity index (χ0) is 19.5. The summed E-state index contributed by atoms with van der Waals surface area (Å²) in [6.07, 6.45) is 1.47. The summed E-state index contributed by atoms with van der Waals surface area (Å²) in [5, 5.41) is 15.3. The highest BCUT2D eigenvalue weighted by Crippen LogP contribution is 2.33. The van der Waals surface area contributed by atoms with Gasteiger partial charge in [0.25, 0.3) is 0 Å². The number of hydrogen-bond donors (Lipinski definition) is 1. The molecule has 0 fully saturated rings. The van der Waals surface area contributed by atoms with Crippen molar-refractivity contribution in [2.24, 2.45) is 5.84 Å². The Morgan fingerprint density at radius 3 is 2.57 bits per heavy atom. The molecule has 0 saturated carbocycles. The summed E-state index contributed by atoms with van der Waals surface area (Å²) in [6.45, 7) is 0. The summed E-state index contributed by atoms with van der Waals surface area (Å²) in [5.41, 5.74) is 3.24. The van der Waals surface area contributed by atoms with Gasteiger partial charge >= 0.3 is 5.69 Å². The summed E-state index contributed by atoms with van der Waals surface area (Å²) in [4.78, 5) is 19.5. The average Bonchev–Trinajstić information content (AvgIpc) is 3.24. The zero-order valence-corrected chi connectivity index (χ0v) is 15.4. The van der Waals surface area contributed by atoms with Crippen LogP contribution in [0.3, 0.4) is 0 Å². The van der Waals surface area contributed by atoms with E-state index in [1.54, 1.807) is 6.07 Å². The van der Waals surface area contributed by atoms with Gasteiger partial charge in [-0.3, -0.25) is 15.1 Å². The van der Waals surface area contributed by atoms with E-state index in [-0.39, 0.29) is 11.5 Å². The second kappa shape index (κ2) is 7.55. The molecule has 138 valence electrons. The van der Waals surface area contributed by atoms with Crippen LogP contribution in [-0.4, -0.2) is 14.9 Å². The van der Waals surface area contributed by atoms with Gasteiger partial charge in [-0.25, -0.2) is 15.8 Å². The number of nitrogens with zero attached hydrogens (tertiary/aromatic N) is 4. The van der Waals surface area contributed by atoms with Crippen LogP contribution in [0, 0.1) is 10.1 Å². The van der Waals surface area contributed by atoms with Gasteiger partial charge in [0.05, 0.1) is 16.3 Å². The van der Waals surface area contributed by atoms with Crippen LogP contribution in [0.5, 0.6) is 0 Å². The van der Waals surface area contributed by atoms with E-state index >= 15 is 0 Å². The molecule has 2 aromatic heterocycles. The molecule has 4 rings (SSSR count). The molecule has 0 aliphatic heterocycles. The Morgan fingerprint density at radius 1 is 1.00 bits per heavy atom. The Hall–Kier alpha value is -3.62. The van der Waals surface area contributed by atoms with Crippen molar-refractivity contribution in [3.8, 4) is 21.8 Å². The van der Waals surface area contributed by atoms with Crippen LogP contribution in [0.15, 0.2) is 78.3 Å². The first kappa shape index (κ1) is 17.8. The standard InChI is InChI=1S/C20H15N5O2S/c21-24(19-18(25(26)27)10-5-11-22-19)16-9-4-8-15(12-16)20-23-17(13-28-20)14-6-2-1-3-7-14/h1-13H,21H2. The minimum atomic E-state index is -0.501. The minimum Gasteiger partial charge on any atom is -0.258 e. The van der Waals surface area contributed by atoms with Crippen molar-refractivity contribution >= 4 is 28.5 Å². The average molecular weight is 389 g/mol. The number of benzene rings is 2. The molecule has 0 amide bonds. The van der Waals surface area contributed by atoms with Gasteiger partial charge in [-0.05, 0) is 18.2 Å². The Kier molecular flexibility index (Phi) is 4.79. The molecule has 0 atom stereocenters. The number of aromatic nitrogens is 2. The first-order valence-electron chi connectivity index (χ1n) is 8.39. The molecule has 0 saturated heterocycles. The molecule has 0 radical (unpaired) electrons. The lowest BCUT2D eigenvalue weighted by Crippen LogP contribution is -2.26. The third kappa shape index (κ3) is 3.46. The molecule has 2 heterocycles. The molecular weight excluding hydrogens is 374 g/mol. The van der Waals surface area contributed by atoms with Gasteiger partial charge in [0.1, 0.15) is 5.01 Å². The molecule has 2 aromatic carbocycles. The van der Waals surface area contributed by atoms with E-state index in [9.17, 15) is 10.1 Å². The first-order chi connectivity index (χ1) is 13.6. The van der Waals surface area contributed by atoms with Crippen molar-refractivity contribution in [3.05, 3.63) is 88.4 Å². The predicted molar refractivity (Wildman–Crippen MR) is 110 cm³/mol. The molecule has 0 aliphatic carbocycles. The molecule has 4 aromatic rings. The zero-order valence-electron chi connectivity index (χ0n) is 14.6. The molecule has 7 nitrogen and oxygen atoms in total. The van der Waals surface area contributed by atoms with Gasteiger partial charge in [-0.2, -0.15) is 0 Å². The topological polar surface area (TPSA) is 98.2 Å². The van der Waals surface area contributed by atoms with E-state index in [0.717, 1.165) is 21.8 Å². The number of anilines is 2. The maximum absolute atomic E-state index is 11.3. The van der Waals surface area contributed by atoms with Crippen molar-refractivity contribution in [2.45, 2.75) is 0 Å². The molecule has 2 N–H and O–H groups in total. The lowest BCUT2D eigenvalue weighted by Gasteiger charge is -2.17. The van der Waals surface area contributed by atoms with Crippen molar-refractivity contribution in [3.63, 3.8) is 0 Å². The van der Waals surface area contributed by atoms with E-state index in [0.29, 0.717) is 5.69 Å². The van der Waals surface area contributed by atoms with Gasteiger partial charge in [0.15, 0.2) is 0 Å². The Morgan fingerprint density at radius 2 is 1.79 bits per heavy atom. The fourth-order valence-corrected chi connectivity index (χ4v) is 3.60. The fourth-order valence-electron chi connectivity index (χ4n) is 2.78. The maximum atomic E-state index is 11.3. The van der Waals surface area contributed by atoms with E-state index in [2.05, 4.69) is 4.98 Å². The van der Waals surface area contributed by atoms with E-state index in [4.69, 9.17) is 10.8 Å². The highest BCUT2D eigenvalue weighted by atomic mass is 32.1. The summed E-state index contributed by atoms with van der Waals surface area (Å²) in [6, 6.07) is 20.2. The lowest BCUT2D eigenvalue weighted by atomic mass is 10.1. The normalized spacial score (nSPS) is 10.6. The molecular formula is C20H15N5O2S. The van der Waals surface area contributed by atoms with Crippen molar-refractivity contribution < 1.29 is 4.92 Å². The van der Waals surface area contributed by atoms with E-state index < -0.39 is 4.92 Å². The number of hydrogen-bond acceptors (Lipinski definition) is 7. The van der Waals surface area contributed by atoms with Gasteiger partial charge in [-0.1, -0.05) is 42.5 Å². The van der Waals surface area contributed by atoms with Crippen LogP contribution in [0.25, 0.3) is 21.8 Å². The van der Waals surface area contributed by atoms with Crippen LogP contribution in [0.4, 0.5) is 17.2 Å². The van der Waals surface area contributed by atoms with E-state index in [1.807, 2.05) is 53.9 Å². The SMILES string of the molecule is NN(c1cccc(-c2nc(-c3ccccc3)cs2)c1)c1ncccc1[N+](=O)[O-]. The van der Waals surface area contributed by atoms with Crippen molar-refractivity contribution in [2.75, 3.05) is 5.01 Å². The van der Waals surface area contributed by atoms with Crippen LogP contribution in [0.1, 0.15) is 0 Å². The highest BCUT2D eigenvalue weighted by Gasteiger charge is 2.20. The fraction of sp³-hybridized carbons (Fsp3) is 0. The van der Waals surface area contributed by atoms with Crippen LogP contribution < -0.4 is 10.9 Å². The minimum absolute atomic E-state index is 0.0776. The second-order valence-electron chi connectivity index (χ2n) is 5.93. The first-order valence-corrected chi connectivity index (χ1v) is 9.27. The molecule has 0 spiro atoms. The van der Waals surface area contributed by atoms with Crippen molar-refractivity contribution in [1.82, 2.24) is 9.97 Å². The molecule has 0 aliphatic rings. The summed E-state index contributed by atoms with van der Waals surface area (Å²) in [5.74, 6) is 6.23. The van der Waals surface area contributed by atoms with Crippen LogP contribution in [0.2, 0.25) is 0 Å². The number of rotatable bonds is 5. The second-order valence-corrected chi connectivity index (χ2v) is 6.79. The van der Waals surface area contributed by atoms with Gasteiger partial charge in [0.2, 0.25) is 5.82 Å². The van der Waals surface area contributed by atoms with E-state index in [1.165, 1.54) is 34.7 Å². The van der Waals surface area contributed by atoms with Crippen LogP contribution >= 0.6 is 11.3 Å². The van der Waals surface area contributed by atoms with Crippen molar-refractivity contribution in [1.29, 1.82) is 0 Å². The van der Waals surface area contributed by atoms with Gasteiger partial charge in [-0.15, -0.1) is 11.3 Å². The number of nitro groups is 1. The third-order valence-corrected chi connectivity index (χ3v) is 5.03. The monoisotopic (exact) mass is 389 g/mol. The molecule has 8 heteroatoms. The highest BCUT2D eigenvalue weighted by molar-refractivity contribution is 7.13. The van der Waals surface area contributed by atoms with Crippen LogP contribution in [-0.2, 0) is 0 Å². The molecule has 28 heavy (non-hydrogen) atoms. The quantitative estimate of drug-likeness (QED) is 0.299. The number of thiazole rings is 1. The smallest absolute Gasteiger partial charge is 0.258 e. The van der Waals surface area contributed by atoms with Gasteiger partial charge < -0.3 is 0 Å². The third-order valence-electron chi connectivity index (χ3n) is 4.14. The summed E-state index contributed by atoms with van der Waals surface area (Å²) >= 11 is 1.53. The molecule has 0 bridgehead atoms. The lowest BCUT2D eigenvalue weighted by molar-refractivity contribution is -0.384. The predicted octanol–water partition coefficient (Wildman–Crippen LogP) is 4.79. The largest absolute Gasteiger partial charge is 0.313 e. The Labute approximate surface area is 164 Å². The Bertz CT molecular complexity index is 1130. The molecule has 0 unspecified atom stereocenters.